The number of hydrogen-bond acceptors (Lipinski definition) is 7. The second-order valence-electron chi connectivity index (χ2n) is 9.36. The Morgan fingerprint density at radius 3 is 2.76 bits per heavy atom. The van der Waals surface area contributed by atoms with E-state index >= 15 is 4.39 Å². The molecule has 0 unspecified atom stereocenters. The lowest BCUT2D eigenvalue weighted by Crippen LogP contribution is -2.55. The maximum atomic E-state index is 15.5. The molecule has 1 saturated carbocycles. The van der Waals surface area contributed by atoms with Crippen LogP contribution in [0.15, 0.2) is 24.5 Å². The SMILES string of the molecule is C[C@]1(O)CN(CC(N)=O)CC[C@H]1CNc1ncnc(N(Cc2ccc(I)cc2F)C2CC2)c1F. The van der Waals surface area contributed by atoms with E-state index in [1.54, 1.807) is 17.9 Å². The number of carbonyl (C=O) groups excluding carboxylic acids is 1. The van der Waals surface area contributed by atoms with E-state index in [2.05, 4.69) is 37.9 Å². The zero-order valence-corrected chi connectivity index (χ0v) is 21.1. The number of amides is 1. The molecule has 1 saturated heterocycles. The Hall–Kier alpha value is -2.12. The molecule has 2 aliphatic rings. The van der Waals surface area contributed by atoms with Gasteiger partial charge < -0.3 is 21.1 Å². The Kier molecular flexibility index (Phi) is 7.53. The van der Waals surface area contributed by atoms with E-state index in [0.717, 1.165) is 16.4 Å². The minimum Gasteiger partial charge on any atom is -0.388 e. The van der Waals surface area contributed by atoms with Crippen LogP contribution in [0, 0.1) is 21.1 Å². The molecular formula is C23H29F2IN6O2. The number of nitrogens with two attached hydrogens (primary N) is 1. The van der Waals surface area contributed by atoms with Gasteiger partial charge in [0.2, 0.25) is 11.7 Å². The van der Waals surface area contributed by atoms with E-state index in [-0.39, 0.29) is 42.5 Å². The van der Waals surface area contributed by atoms with Gasteiger partial charge in [0.1, 0.15) is 12.1 Å². The highest BCUT2D eigenvalue weighted by Gasteiger charge is 2.38. The van der Waals surface area contributed by atoms with Crippen LogP contribution in [0.5, 0.6) is 0 Å². The molecule has 0 spiro atoms. The van der Waals surface area contributed by atoms with E-state index < -0.39 is 17.3 Å². The summed E-state index contributed by atoms with van der Waals surface area (Å²) in [6.07, 6.45) is 3.71. The number of rotatable bonds is 9. The zero-order chi connectivity index (χ0) is 24.5. The number of anilines is 2. The van der Waals surface area contributed by atoms with Gasteiger partial charge in [-0.25, -0.2) is 14.4 Å². The van der Waals surface area contributed by atoms with E-state index in [0.29, 0.717) is 31.6 Å². The average Bonchev–Trinajstić information content (AvgIpc) is 3.58. The molecule has 1 aliphatic carbocycles. The van der Waals surface area contributed by atoms with E-state index in [1.807, 2.05) is 11.0 Å². The van der Waals surface area contributed by atoms with Gasteiger partial charge in [-0.2, -0.15) is 4.39 Å². The highest BCUT2D eigenvalue weighted by molar-refractivity contribution is 14.1. The van der Waals surface area contributed by atoms with Crippen LogP contribution in [0.25, 0.3) is 0 Å². The van der Waals surface area contributed by atoms with Gasteiger partial charge in [-0.1, -0.05) is 6.07 Å². The van der Waals surface area contributed by atoms with Crippen molar-refractivity contribution in [2.75, 3.05) is 36.4 Å². The van der Waals surface area contributed by atoms with Crippen LogP contribution in [0.3, 0.4) is 0 Å². The van der Waals surface area contributed by atoms with Crippen molar-refractivity contribution in [3.05, 3.63) is 45.3 Å². The van der Waals surface area contributed by atoms with Gasteiger partial charge in [0, 0.05) is 40.7 Å². The molecule has 1 aliphatic heterocycles. The third-order valence-corrected chi connectivity index (χ3v) is 7.17. The third-order valence-electron chi connectivity index (χ3n) is 6.50. The van der Waals surface area contributed by atoms with Crippen LogP contribution in [0.2, 0.25) is 0 Å². The number of aromatic nitrogens is 2. The molecule has 0 bridgehead atoms. The molecule has 11 heteroatoms. The number of aliphatic hydroxyl groups is 1. The first-order valence-corrected chi connectivity index (χ1v) is 12.4. The van der Waals surface area contributed by atoms with Crippen molar-refractivity contribution in [3.8, 4) is 0 Å². The number of primary amides is 1. The lowest BCUT2D eigenvalue weighted by Gasteiger charge is -2.42. The maximum absolute atomic E-state index is 15.5. The van der Waals surface area contributed by atoms with Gasteiger partial charge in [-0.3, -0.25) is 9.69 Å². The molecular weight excluding hydrogens is 557 g/mol. The highest BCUT2D eigenvalue weighted by Crippen LogP contribution is 2.35. The summed E-state index contributed by atoms with van der Waals surface area (Å²) in [5.74, 6) is -1.33. The fourth-order valence-electron chi connectivity index (χ4n) is 4.49. The number of benzene rings is 1. The lowest BCUT2D eigenvalue weighted by molar-refractivity contribution is -0.121. The summed E-state index contributed by atoms with van der Waals surface area (Å²) in [6, 6.07) is 5.11. The van der Waals surface area contributed by atoms with E-state index in [9.17, 15) is 14.3 Å². The second kappa shape index (κ2) is 10.2. The Morgan fingerprint density at radius 1 is 1.35 bits per heavy atom. The van der Waals surface area contributed by atoms with Crippen molar-refractivity contribution in [2.45, 2.75) is 44.4 Å². The minimum absolute atomic E-state index is 0.0501. The summed E-state index contributed by atoms with van der Waals surface area (Å²) in [7, 11) is 0. The molecule has 34 heavy (non-hydrogen) atoms. The summed E-state index contributed by atoms with van der Waals surface area (Å²) in [6.45, 7) is 3.24. The van der Waals surface area contributed by atoms with Gasteiger partial charge in [-0.05, 0) is 67.5 Å². The minimum atomic E-state index is -1.07. The van der Waals surface area contributed by atoms with Crippen molar-refractivity contribution >= 4 is 40.1 Å². The largest absolute Gasteiger partial charge is 0.388 e. The molecule has 2 aromatic rings. The van der Waals surface area contributed by atoms with Gasteiger partial charge in [-0.15, -0.1) is 0 Å². The number of hydrogen-bond donors (Lipinski definition) is 3. The van der Waals surface area contributed by atoms with E-state index in [4.69, 9.17) is 5.73 Å². The Labute approximate surface area is 211 Å². The summed E-state index contributed by atoms with van der Waals surface area (Å²) in [5, 5.41) is 13.9. The molecule has 2 fully saturated rings. The van der Waals surface area contributed by atoms with Crippen LogP contribution < -0.4 is 16.0 Å². The van der Waals surface area contributed by atoms with Gasteiger partial charge in [0.05, 0.1) is 12.1 Å². The van der Waals surface area contributed by atoms with Crippen LogP contribution in [-0.4, -0.2) is 63.7 Å². The molecule has 0 radical (unpaired) electrons. The molecule has 2 atom stereocenters. The Bertz CT molecular complexity index is 1050. The molecule has 2 heterocycles. The predicted molar refractivity (Wildman–Crippen MR) is 133 cm³/mol. The highest BCUT2D eigenvalue weighted by atomic mass is 127. The number of β-amino-alcohol motifs (C(OH)–C–C–N with tert-alkyl or cyclic N) is 1. The number of halogens is 3. The fourth-order valence-corrected chi connectivity index (χ4v) is 4.94. The molecule has 1 amide bonds. The number of likely N-dealkylation sites (tertiary alicyclic amines) is 1. The third kappa shape index (κ3) is 5.92. The average molecular weight is 586 g/mol. The Morgan fingerprint density at radius 2 is 2.12 bits per heavy atom. The van der Waals surface area contributed by atoms with Crippen molar-refractivity contribution in [1.82, 2.24) is 14.9 Å². The standard InChI is InChI=1S/C23H29F2IN6O2/c1-23(34)12-31(11-19(27)33)7-6-15(23)9-28-21-20(25)22(30-13-29-21)32(17-4-5-17)10-14-2-3-16(26)8-18(14)24/h2-3,8,13,15,17,34H,4-7,9-12H2,1H3,(H2,27,33)(H,28,29,30)/t15-,23-/m0/s1. The first-order chi connectivity index (χ1) is 16.1. The molecule has 1 aromatic carbocycles. The number of piperidine rings is 1. The maximum Gasteiger partial charge on any atom is 0.231 e. The van der Waals surface area contributed by atoms with Crippen LogP contribution >= 0.6 is 22.6 Å². The summed E-state index contributed by atoms with van der Waals surface area (Å²) >= 11 is 2.06. The van der Waals surface area contributed by atoms with Gasteiger partial charge in [0.25, 0.3) is 0 Å². The lowest BCUT2D eigenvalue weighted by atomic mass is 9.82. The smallest absolute Gasteiger partial charge is 0.231 e. The van der Waals surface area contributed by atoms with Crippen LogP contribution in [0.4, 0.5) is 20.4 Å². The molecule has 1 aromatic heterocycles. The van der Waals surface area contributed by atoms with Crippen LogP contribution in [-0.2, 0) is 11.3 Å². The van der Waals surface area contributed by atoms with Crippen molar-refractivity contribution < 1.29 is 18.7 Å². The molecule has 4 N–H and O–H groups in total. The van der Waals surface area contributed by atoms with Crippen molar-refractivity contribution in [2.24, 2.45) is 11.7 Å². The molecule has 8 nitrogen and oxygen atoms in total. The molecule has 4 rings (SSSR count). The van der Waals surface area contributed by atoms with Crippen LogP contribution in [0.1, 0.15) is 31.7 Å². The summed E-state index contributed by atoms with van der Waals surface area (Å²) in [5.41, 5.74) is 4.68. The normalized spacial score (nSPS) is 23.0. The van der Waals surface area contributed by atoms with E-state index in [1.165, 1.54) is 12.4 Å². The Balaban J connectivity index is 1.46. The zero-order valence-electron chi connectivity index (χ0n) is 19.0. The fraction of sp³-hybridized carbons (Fsp3) is 0.522. The predicted octanol–water partition coefficient (Wildman–Crippen LogP) is 2.50. The quantitative estimate of drug-likeness (QED) is 0.388. The summed E-state index contributed by atoms with van der Waals surface area (Å²) < 4.78 is 30.7. The van der Waals surface area contributed by atoms with Crippen molar-refractivity contribution in [1.29, 1.82) is 0 Å². The van der Waals surface area contributed by atoms with Gasteiger partial charge in [0.15, 0.2) is 11.6 Å². The number of nitrogens with one attached hydrogen (secondary N) is 1. The van der Waals surface area contributed by atoms with Crippen molar-refractivity contribution in [3.63, 3.8) is 0 Å². The first kappa shape index (κ1) is 25.0. The topological polar surface area (TPSA) is 108 Å². The van der Waals surface area contributed by atoms with Gasteiger partial charge >= 0.3 is 0 Å². The first-order valence-electron chi connectivity index (χ1n) is 11.3. The second-order valence-corrected chi connectivity index (χ2v) is 10.6. The summed E-state index contributed by atoms with van der Waals surface area (Å²) in [4.78, 5) is 23.1. The number of carbonyl (C=O) groups is 1. The number of nitrogens with zero attached hydrogens (tertiary/aromatic N) is 4. The monoisotopic (exact) mass is 586 g/mol. The molecule has 184 valence electrons.